The average Bonchev–Trinajstić information content (AvgIpc) is 2.85. The van der Waals surface area contributed by atoms with Crippen LogP contribution in [0.3, 0.4) is 0 Å². The van der Waals surface area contributed by atoms with Crippen molar-refractivity contribution in [2.45, 2.75) is 18.8 Å². The first-order valence-corrected chi connectivity index (χ1v) is 8.42. The number of amides is 3. The molecule has 0 bridgehead atoms. The van der Waals surface area contributed by atoms with Gasteiger partial charge in [-0.15, -0.1) is 0 Å². The van der Waals surface area contributed by atoms with Gasteiger partial charge in [-0.3, -0.25) is 9.59 Å². The predicted octanol–water partition coefficient (Wildman–Crippen LogP) is -0.265. The molecular weight excluding hydrogens is 385 g/mol. The maximum atomic E-state index is 13.3. The molecule has 1 heterocycles. The molecule has 0 aromatic heterocycles. The van der Waals surface area contributed by atoms with Gasteiger partial charge in [-0.1, -0.05) is 11.6 Å². The summed E-state index contributed by atoms with van der Waals surface area (Å²) in [5.74, 6) is -4.41. The van der Waals surface area contributed by atoms with Gasteiger partial charge in [0, 0.05) is 31.1 Å². The molecular formula is C16H19ClFN3O6. The van der Waals surface area contributed by atoms with Crippen molar-refractivity contribution in [2.24, 2.45) is 0 Å². The van der Waals surface area contributed by atoms with E-state index in [1.54, 1.807) is 0 Å². The first kappa shape index (κ1) is 20.9. The summed E-state index contributed by atoms with van der Waals surface area (Å²) in [4.78, 5) is 36.7. The second kappa shape index (κ2) is 8.98. The van der Waals surface area contributed by atoms with E-state index in [4.69, 9.17) is 21.4 Å². The van der Waals surface area contributed by atoms with Gasteiger partial charge in [0.05, 0.1) is 13.2 Å². The van der Waals surface area contributed by atoms with Crippen LogP contribution in [0.25, 0.3) is 0 Å². The summed E-state index contributed by atoms with van der Waals surface area (Å²) in [5, 5.41) is 23.7. The van der Waals surface area contributed by atoms with Crippen LogP contribution >= 0.6 is 11.6 Å². The molecule has 1 aromatic carbocycles. The number of halogens is 2. The van der Waals surface area contributed by atoms with Crippen molar-refractivity contribution in [1.29, 1.82) is 0 Å². The minimum atomic E-state index is -2.39. The minimum absolute atomic E-state index is 0.00859. The highest BCUT2D eigenvalue weighted by molar-refractivity contribution is 6.30. The molecule has 0 aliphatic carbocycles. The zero-order chi connectivity index (χ0) is 20.0. The van der Waals surface area contributed by atoms with Crippen LogP contribution in [-0.4, -0.2) is 65.0 Å². The third kappa shape index (κ3) is 5.78. The molecule has 148 valence electrons. The standard InChI is InChI=1S/C16H19ClFN3O6/c17-11-5-10(6-12(18)7-11)8-20-15(25)27-16(26)1-3-21(14(16)24)9-13(23)19-2-4-22/h5-7,22,26H,1-4,8-9H2,(H,19,23)(H,20,25). The number of hydrogen-bond acceptors (Lipinski definition) is 6. The van der Waals surface area contributed by atoms with Crippen molar-refractivity contribution in [3.63, 3.8) is 0 Å². The Labute approximate surface area is 159 Å². The Bertz CT molecular complexity index is 714. The van der Waals surface area contributed by atoms with Crippen LogP contribution in [0.2, 0.25) is 5.02 Å². The molecule has 0 saturated carbocycles. The van der Waals surface area contributed by atoms with Gasteiger partial charge in [0.2, 0.25) is 5.91 Å². The van der Waals surface area contributed by atoms with E-state index in [1.165, 1.54) is 6.07 Å². The molecule has 1 aliphatic rings. The van der Waals surface area contributed by atoms with Crippen molar-refractivity contribution < 1.29 is 33.7 Å². The number of alkyl carbamates (subject to hydrolysis) is 1. The van der Waals surface area contributed by atoms with Gasteiger partial charge >= 0.3 is 6.09 Å². The Hall–Kier alpha value is -2.43. The molecule has 1 aromatic rings. The number of benzene rings is 1. The molecule has 1 unspecified atom stereocenters. The van der Waals surface area contributed by atoms with E-state index in [0.717, 1.165) is 17.0 Å². The van der Waals surface area contributed by atoms with Crippen molar-refractivity contribution in [2.75, 3.05) is 26.2 Å². The summed E-state index contributed by atoms with van der Waals surface area (Å²) < 4.78 is 18.1. The third-order valence-electron chi connectivity index (χ3n) is 3.73. The number of nitrogens with zero attached hydrogens (tertiary/aromatic N) is 1. The predicted molar refractivity (Wildman–Crippen MR) is 91.0 cm³/mol. The van der Waals surface area contributed by atoms with Crippen LogP contribution in [0.4, 0.5) is 9.18 Å². The Morgan fingerprint density at radius 3 is 2.74 bits per heavy atom. The Balaban J connectivity index is 1.87. The maximum absolute atomic E-state index is 13.3. The summed E-state index contributed by atoms with van der Waals surface area (Å²) in [5.41, 5.74) is 0.365. The summed E-state index contributed by atoms with van der Waals surface area (Å²) in [6.45, 7) is -0.673. The molecule has 27 heavy (non-hydrogen) atoms. The van der Waals surface area contributed by atoms with E-state index >= 15 is 0 Å². The Morgan fingerprint density at radius 1 is 1.33 bits per heavy atom. The number of carbonyl (C=O) groups is 3. The van der Waals surface area contributed by atoms with Crippen molar-refractivity contribution >= 4 is 29.5 Å². The van der Waals surface area contributed by atoms with Crippen LogP contribution < -0.4 is 10.6 Å². The molecule has 11 heteroatoms. The van der Waals surface area contributed by atoms with Gasteiger partial charge in [-0.05, 0) is 23.8 Å². The molecule has 4 N–H and O–H groups in total. The largest absolute Gasteiger partial charge is 0.410 e. The van der Waals surface area contributed by atoms with E-state index in [-0.39, 0.29) is 44.2 Å². The first-order chi connectivity index (χ1) is 12.7. The highest BCUT2D eigenvalue weighted by atomic mass is 35.5. The van der Waals surface area contributed by atoms with Gasteiger partial charge < -0.3 is 30.5 Å². The average molecular weight is 404 g/mol. The lowest BCUT2D eigenvalue weighted by Crippen LogP contribution is -2.48. The molecule has 9 nitrogen and oxygen atoms in total. The Morgan fingerprint density at radius 2 is 2.07 bits per heavy atom. The molecule has 1 atom stereocenters. The van der Waals surface area contributed by atoms with Gasteiger partial charge in [-0.25, -0.2) is 9.18 Å². The van der Waals surface area contributed by atoms with Crippen LogP contribution in [0.15, 0.2) is 18.2 Å². The van der Waals surface area contributed by atoms with E-state index in [0.29, 0.717) is 5.56 Å². The number of likely N-dealkylation sites (tertiary alicyclic amines) is 1. The lowest BCUT2D eigenvalue weighted by Gasteiger charge is -2.22. The number of rotatable bonds is 7. The fraction of sp³-hybridized carbons (Fsp3) is 0.438. The smallest absolute Gasteiger partial charge is 0.407 e. The number of aliphatic hydroxyl groups is 2. The van der Waals surface area contributed by atoms with Gasteiger partial charge in [0.15, 0.2) is 0 Å². The van der Waals surface area contributed by atoms with Crippen LogP contribution in [0.5, 0.6) is 0 Å². The van der Waals surface area contributed by atoms with E-state index in [1.807, 2.05) is 0 Å². The lowest BCUT2D eigenvalue weighted by atomic mass is 10.2. The minimum Gasteiger partial charge on any atom is -0.407 e. The number of nitrogens with one attached hydrogen (secondary N) is 2. The van der Waals surface area contributed by atoms with Gasteiger partial charge in [0.1, 0.15) is 5.82 Å². The monoisotopic (exact) mass is 403 g/mol. The van der Waals surface area contributed by atoms with Gasteiger partial charge in [0.25, 0.3) is 11.7 Å². The molecule has 2 rings (SSSR count). The molecule has 3 amide bonds. The van der Waals surface area contributed by atoms with Crippen molar-refractivity contribution in [3.8, 4) is 0 Å². The van der Waals surface area contributed by atoms with Gasteiger partial charge in [-0.2, -0.15) is 0 Å². The van der Waals surface area contributed by atoms with E-state index < -0.39 is 29.5 Å². The summed E-state index contributed by atoms with van der Waals surface area (Å²) in [6.07, 6.45) is -1.30. The SMILES string of the molecule is O=C(CN1CCC(O)(OC(=O)NCc2cc(F)cc(Cl)c2)C1=O)NCCO. The van der Waals surface area contributed by atoms with Crippen molar-refractivity contribution in [1.82, 2.24) is 15.5 Å². The zero-order valence-electron chi connectivity index (χ0n) is 14.2. The van der Waals surface area contributed by atoms with Crippen molar-refractivity contribution in [3.05, 3.63) is 34.6 Å². The first-order valence-electron chi connectivity index (χ1n) is 8.04. The molecule has 1 aliphatic heterocycles. The number of ether oxygens (including phenoxy) is 1. The fourth-order valence-electron chi connectivity index (χ4n) is 2.49. The third-order valence-corrected chi connectivity index (χ3v) is 3.95. The number of aliphatic hydroxyl groups excluding tert-OH is 1. The lowest BCUT2D eigenvalue weighted by molar-refractivity contribution is -0.182. The van der Waals surface area contributed by atoms with Crippen LogP contribution in [-0.2, 0) is 20.9 Å². The summed E-state index contributed by atoms with van der Waals surface area (Å²) in [6, 6.07) is 3.70. The second-order valence-corrected chi connectivity index (χ2v) is 6.29. The van der Waals surface area contributed by atoms with E-state index in [9.17, 15) is 23.9 Å². The highest BCUT2D eigenvalue weighted by Gasteiger charge is 2.49. The molecule has 0 spiro atoms. The summed E-state index contributed by atoms with van der Waals surface area (Å²) in [7, 11) is 0. The Kier molecular flexibility index (Phi) is 6.94. The molecule has 1 fully saturated rings. The van der Waals surface area contributed by atoms with Crippen LogP contribution in [0, 0.1) is 5.82 Å². The number of hydrogen-bond donors (Lipinski definition) is 4. The molecule has 0 radical (unpaired) electrons. The quantitative estimate of drug-likeness (QED) is 0.464. The maximum Gasteiger partial charge on any atom is 0.410 e. The second-order valence-electron chi connectivity index (χ2n) is 5.86. The summed E-state index contributed by atoms with van der Waals surface area (Å²) >= 11 is 5.71. The highest BCUT2D eigenvalue weighted by Crippen LogP contribution is 2.24. The van der Waals surface area contributed by atoms with Crippen LogP contribution in [0.1, 0.15) is 12.0 Å². The fourth-order valence-corrected chi connectivity index (χ4v) is 2.73. The topological polar surface area (TPSA) is 128 Å². The molecule has 1 saturated heterocycles. The zero-order valence-corrected chi connectivity index (χ0v) is 15.0. The van der Waals surface area contributed by atoms with E-state index in [2.05, 4.69) is 10.6 Å². The number of carbonyl (C=O) groups excluding carboxylic acids is 3. The normalized spacial score (nSPS) is 19.1.